The highest BCUT2D eigenvalue weighted by Gasteiger charge is 2.15. The number of aryl methyl sites for hydroxylation is 1. The van der Waals surface area contributed by atoms with Gasteiger partial charge in [0.1, 0.15) is 0 Å². The monoisotopic (exact) mass is 286 g/mol. The summed E-state index contributed by atoms with van der Waals surface area (Å²) in [5, 5.41) is 4.79. The van der Waals surface area contributed by atoms with E-state index in [0.717, 1.165) is 26.2 Å². The molecule has 1 aromatic carbocycles. The van der Waals surface area contributed by atoms with Gasteiger partial charge in [-0.15, -0.1) is 0 Å². The molecule has 1 unspecified atom stereocenters. The minimum atomic E-state index is 0.507. The van der Waals surface area contributed by atoms with Gasteiger partial charge in [0.25, 0.3) is 0 Å². The maximum atomic E-state index is 5.72. The first kappa shape index (κ1) is 14.6. The van der Waals surface area contributed by atoms with Gasteiger partial charge in [-0.2, -0.15) is 0 Å². The predicted molar refractivity (Wildman–Crippen MR) is 87.5 cm³/mol. The molecule has 1 aromatic heterocycles. The molecule has 21 heavy (non-hydrogen) atoms. The van der Waals surface area contributed by atoms with Crippen LogP contribution in [0.15, 0.2) is 30.5 Å². The average molecular weight is 286 g/mol. The lowest BCUT2D eigenvalue weighted by Crippen LogP contribution is -2.13. The number of rotatable bonds is 7. The molecule has 3 heteroatoms. The molecule has 1 N–H and O–H groups in total. The third-order valence-electron chi connectivity index (χ3n) is 4.39. The van der Waals surface area contributed by atoms with E-state index < -0.39 is 0 Å². The molecule has 0 spiro atoms. The van der Waals surface area contributed by atoms with Gasteiger partial charge in [-0.1, -0.05) is 25.1 Å². The SMILES string of the molecule is CCNCc1cccc2ccn(CCCC3CCCO3)c12. The maximum Gasteiger partial charge on any atom is 0.0576 e. The first-order valence-electron chi connectivity index (χ1n) is 8.27. The first-order valence-corrected chi connectivity index (χ1v) is 8.27. The minimum Gasteiger partial charge on any atom is -0.378 e. The molecule has 1 aliphatic rings. The number of ether oxygens (including phenoxy) is 1. The van der Waals surface area contributed by atoms with Crippen molar-refractivity contribution in [3.05, 3.63) is 36.0 Å². The van der Waals surface area contributed by atoms with Crippen molar-refractivity contribution in [1.29, 1.82) is 0 Å². The molecule has 2 aromatic rings. The molecule has 1 aliphatic heterocycles. The summed E-state index contributed by atoms with van der Waals surface area (Å²) in [6.45, 7) is 6.16. The van der Waals surface area contributed by atoms with Crippen molar-refractivity contribution >= 4 is 10.9 Å². The highest BCUT2D eigenvalue weighted by atomic mass is 16.5. The number of aromatic nitrogens is 1. The number of para-hydroxylation sites is 1. The zero-order chi connectivity index (χ0) is 14.5. The Morgan fingerprint density at radius 2 is 2.29 bits per heavy atom. The number of hydrogen-bond donors (Lipinski definition) is 1. The summed E-state index contributed by atoms with van der Waals surface area (Å²) in [6.07, 6.45) is 7.62. The Kier molecular flexibility index (Phi) is 4.94. The molecule has 0 aliphatic carbocycles. The van der Waals surface area contributed by atoms with Gasteiger partial charge in [0, 0.05) is 25.9 Å². The Morgan fingerprint density at radius 1 is 1.33 bits per heavy atom. The molecule has 0 bridgehead atoms. The topological polar surface area (TPSA) is 26.2 Å². The smallest absolute Gasteiger partial charge is 0.0576 e. The van der Waals surface area contributed by atoms with E-state index in [2.05, 4.69) is 47.3 Å². The molecular weight excluding hydrogens is 260 g/mol. The van der Waals surface area contributed by atoms with E-state index in [1.165, 1.54) is 42.1 Å². The molecule has 2 heterocycles. The van der Waals surface area contributed by atoms with Crippen molar-refractivity contribution in [2.75, 3.05) is 13.2 Å². The predicted octanol–water partition coefficient (Wildman–Crippen LogP) is 3.71. The third-order valence-corrected chi connectivity index (χ3v) is 4.39. The Bertz CT molecular complexity index is 570. The number of nitrogens with zero attached hydrogens (tertiary/aromatic N) is 1. The van der Waals surface area contributed by atoms with Crippen LogP contribution in [0.3, 0.4) is 0 Å². The fraction of sp³-hybridized carbons (Fsp3) is 0.556. The van der Waals surface area contributed by atoms with Gasteiger partial charge in [-0.25, -0.2) is 0 Å². The van der Waals surface area contributed by atoms with Crippen molar-refractivity contribution in [3.63, 3.8) is 0 Å². The molecule has 114 valence electrons. The molecule has 0 radical (unpaired) electrons. The van der Waals surface area contributed by atoms with Crippen LogP contribution in [0.25, 0.3) is 10.9 Å². The Morgan fingerprint density at radius 3 is 3.10 bits per heavy atom. The van der Waals surface area contributed by atoms with Crippen molar-refractivity contribution in [2.45, 2.75) is 51.8 Å². The Hall–Kier alpha value is -1.32. The minimum absolute atomic E-state index is 0.507. The number of nitrogens with one attached hydrogen (secondary N) is 1. The fourth-order valence-corrected chi connectivity index (χ4v) is 3.29. The third kappa shape index (κ3) is 3.47. The van der Waals surface area contributed by atoms with Crippen LogP contribution >= 0.6 is 0 Å². The van der Waals surface area contributed by atoms with E-state index in [0.29, 0.717) is 6.10 Å². The second-order valence-electron chi connectivity index (χ2n) is 5.92. The lowest BCUT2D eigenvalue weighted by molar-refractivity contribution is 0.101. The standard InChI is InChI=1S/C18H26N2O/c1-2-19-14-16-7-3-6-15-10-12-20(18(15)16)11-4-8-17-9-5-13-21-17/h3,6-7,10,12,17,19H,2,4-5,8-9,11,13-14H2,1H3. The van der Waals surface area contributed by atoms with E-state index in [1.54, 1.807) is 0 Å². The van der Waals surface area contributed by atoms with E-state index in [9.17, 15) is 0 Å². The van der Waals surface area contributed by atoms with Gasteiger partial charge in [-0.3, -0.25) is 0 Å². The van der Waals surface area contributed by atoms with Crippen LogP contribution in [-0.4, -0.2) is 23.8 Å². The van der Waals surface area contributed by atoms with Crippen molar-refractivity contribution < 1.29 is 4.74 Å². The molecule has 0 saturated carbocycles. The van der Waals surface area contributed by atoms with E-state index >= 15 is 0 Å². The Balaban J connectivity index is 1.68. The molecule has 1 fully saturated rings. The second-order valence-corrected chi connectivity index (χ2v) is 5.92. The van der Waals surface area contributed by atoms with Crippen LogP contribution in [0, 0.1) is 0 Å². The molecule has 3 rings (SSSR count). The largest absolute Gasteiger partial charge is 0.378 e. The van der Waals surface area contributed by atoms with Crippen LogP contribution in [0.5, 0.6) is 0 Å². The summed E-state index contributed by atoms with van der Waals surface area (Å²) in [7, 11) is 0. The molecule has 1 saturated heterocycles. The zero-order valence-electron chi connectivity index (χ0n) is 13.0. The summed E-state index contributed by atoms with van der Waals surface area (Å²) < 4.78 is 8.13. The normalized spacial score (nSPS) is 18.6. The summed E-state index contributed by atoms with van der Waals surface area (Å²) in [6, 6.07) is 8.84. The van der Waals surface area contributed by atoms with E-state index in [1.807, 2.05) is 0 Å². The summed E-state index contributed by atoms with van der Waals surface area (Å²) >= 11 is 0. The number of hydrogen-bond acceptors (Lipinski definition) is 2. The van der Waals surface area contributed by atoms with Gasteiger partial charge in [-0.05, 0) is 49.2 Å². The van der Waals surface area contributed by atoms with Gasteiger partial charge < -0.3 is 14.6 Å². The molecule has 0 amide bonds. The highest BCUT2D eigenvalue weighted by molar-refractivity contribution is 5.83. The van der Waals surface area contributed by atoms with Gasteiger partial charge in [0.2, 0.25) is 0 Å². The van der Waals surface area contributed by atoms with Gasteiger partial charge in [0.15, 0.2) is 0 Å². The molecular formula is C18H26N2O. The van der Waals surface area contributed by atoms with Crippen LogP contribution < -0.4 is 5.32 Å². The highest BCUT2D eigenvalue weighted by Crippen LogP contribution is 2.22. The maximum absolute atomic E-state index is 5.72. The van der Waals surface area contributed by atoms with Crippen LogP contribution in [-0.2, 0) is 17.8 Å². The quantitative estimate of drug-likeness (QED) is 0.839. The molecule has 1 atom stereocenters. The zero-order valence-corrected chi connectivity index (χ0v) is 13.0. The van der Waals surface area contributed by atoms with E-state index in [-0.39, 0.29) is 0 Å². The summed E-state index contributed by atoms with van der Waals surface area (Å²) in [5.74, 6) is 0. The van der Waals surface area contributed by atoms with Gasteiger partial charge >= 0.3 is 0 Å². The van der Waals surface area contributed by atoms with Crippen LogP contribution in [0.4, 0.5) is 0 Å². The average Bonchev–Trinajstić information content (AvgIpc) is 3.15. The number of benzene rings is 1. The van der Waals surface area contributed by atoms with Crippen LogP contribution in [0.1, 0.15) is 38.2 Å². The summed E-state index contributed by atoms with van der Waals surface area (Å²) in [4.78, 5) is 0. The summed E-state index contributed by atoms with van der Waals surface area (Å²) in [5.41, 5.74) is 2.79. The lowest BCUT2D eigenvalue weighted by Gasteiger charge is -2.12. The number of fused-ring (bicyclic) bond motifs is 1. The van der Waals surface area contributed by atoms with Crippen molar-refractivity contribution in [2.24, 2.45) is 0 Å². The Labute approximate surface area is 127 Å². The van der Waals surface area contributed by atoms with E-state index in [4.69, 9.17) is 4.74 Å². The van der Waals surface area contributed by atoms with Crippen molar-refractivity contribution in [1.82, 2.24) is 9.88 Å². The first-order chi connectivity index (χ1) is 10.4. The fourth-order valence-electron chi connectivity index (χ4n) is 3.29. The second kappa shape index (κ2) is 7.10. The van der Waals surface area contributed by atoms with Crippen molar-refractivity contribution in [3.8, 4) is 0 Å². The molecule has 3 nitrogen and oxygen atoms in total. The van der Waals surface area contributed by atoms with Crippen LogP contribution in [0.2, 0.25) is 0 Å². The van der Waals surface area contributed by atoms with Gasteiger partial charge in [0.05, 0.1) is 11.6 Å². The lowest BCUT2D eigenvalue weighted by atomic mass is 10.1.